The van der Waals surface area contributed by atoms with Gasteiger partial charge in [-0.2, -0.15) is 14.7 Å². The highest BCUT2D eigenvalue weighted by Gasteiger charge is 2.31. The second-order valence-electron chi connectivity index (χ2n) is 8.74. The van der Waals surface area contributed by atoms with Gasteiger partial charge in [0.25, 0.3) is 5.56 Å². The van der Waals surface area contributed by atoms with E-state index in [4.69, 9.17) is 5.10 Å². The Balaban J connectivity index is 1.48. The summed E-state index contributed by atoms with van der Waals surface area (Å²) in [5, 5.41) is 17.7. The van der Waals surface area contributed by atoms with Crippen molar-refractivity contribution < 1.29 is 8.42 Å². The van der Waals surface area contributed by atoms with Crippen molar-refractivity contribution in [2.24, 2.45) is 5.92 Å². The number of nitriles is 1. The molecule has 33 heavy (non-hydrogen) atoms. The summed E-state index contributed by atoms with van der Waals surface area (Å²) >= 11 is 0. The SMILES string of the molecule is N#CC[C@H](C1CCC1)n1nc(Nc2ccc(S(=O)(=O)N3CCCC3)cc2)c2c(=O)[nH]ccc21. The number of benzene rings is 1. The van der Waals surface area contributed by atoms with Crippen molar-refractivity contribution in [3.63, 3.8) is 0 Å². The maximum absolute atomic E-state index is 12.8. The average molecular weight is 467 g/mol. The fraction of sp³-hybridized carbons (Fsp3) is 0.435. The molecule has 1 saturated heterocycles. The first-order chi connectivity index (χ1) is 16.0. The number of H-pyrrole nitrogens is 1. The topological polar surface area (TPSA) is 124 Å². The molecule has 3 heterocycles. The summed E-state index contributed by atoms with van der Waals surface area (Å²) in [4.78, 5) is 15.6. The zero-order chi connectivity index (χ0) is 23.0. The molecule has 3 aromatic rings. The molecule has 1 saturated carbocycles. The van der Waals surface area contributed by atoms with E-state index >= 15 is 0 Å². The summed E-state index contributed by atoms with van der Waals surface area (Å²) in [6.07, 6.45) is 6.93. The highest BCUT2D eigenvalue weighted by Crippen LogP contribution is 2.40. The lowest BCUT2D eigenvalue weighted by Gasteiger charge is -2.32. The largest absolute Gasteiger partial charge is 0.338 e. The summed E-state index contributed by atoms with van der Waals surface area (Å²) in [6, 6.07) is 10.5. The van der Waals surface area contributed by atoms with Gasteiger partial charge in [-0.05, 0) is 61.9 Å². The van der Waals surface area contributed by atoms with Crippen molar-refractivity contribution in [3.8, 4) is 6.07 Å². The van der Waals surface area contributed by atoms with Crippen LogP contribution in [0.1, 0.15) is 44.6 Å². The van der Waals surface area contributed by atoms with Gasteiger partial charge in [0.05, 0.1) is 28.9 Å². The molecule has 1 aliphatic carbocycles. The molecule has 0 spiro atoms. The molecule has 172 valence electrons. The maximum Gasteiger partial charge on any atom is 0.261 e. The van der Waals surface area contributed by atoms with Crippen LogP contribution < -0.4 is 10.9 Å². The monoisotopic (exact) mass is 466 g/mol. The third-order valence-corrected chi connectivity index (χ3v) is 8.67. The highest BCUT2D eigenvalue weighted by atomic mass is 32.2. The zero-order valence-corrected chi connectivity index (χ0v) is 19.0. The Morgan fingerprint density at radius 1 is 1.15 bits per heavy atom. The number of nitrogens with zero attached hydrogens (tertiary/aromatic N) is 4. The van der Waals surface area contributed by atoms with E-state index in [2.05, 4.69) is 16.4 Å². The molecule has 5 rings (SSSR count). The Bertz CT molecular complexity index is 1360. The van der Waals surface area contributed by atoms with E-state index in [0.29, 0.717) is 47.8 Å². The molecule has 0 amide bonds. The average Bonchev–Trinajstić information content (AvgIpc) is 3.42. The Morgan fingerprint density at radius 3 is 2.52 bits per heavy atom. The molecule has 0 unspecified atom stereocenters. The van der Waals surface area contributed by atoms with Crippen molar-refractivity contribution in [2.45, 2.75) is 49.5 Å². The van der Waals surface area contributed by atoms with Gasteiger partial charge in [-0.1, -0.05) is 6.42 Å². The number of aromatic amines is 1. The van der Waals surface area contributed by atoms with Crippen molar-refractivity contribution in [3.05, 3.63) is 46.9 Å². The molecule has 10 heteroatoms. The molecule has 2 aromatic heterocycles. The number of hydrogen-bond donors (Lipinski definition) is 2. The maximum atomic E-state index is 12.8. The summed E-state index contributed by atoms with van der Waals surface area (Å²) in [5.41, 5.74) is 1.05. The molecular weight excluding hydrogens is 440 g/mol. The first-order valence-electron chi connectivity index (χ1n) is 11.3. The van der Waals surface area contributed by atoms with Crippen LogP contribution >= 0.6 is 0 Å². The summed E-state index contributed by atoms with van der Waals surface area (Å²) in [7, 11) is -3.49. The minimum atomic E-state index is -3.49. The second-order valence-corrected chi connectivity index (χ2v) is 10.7. The number of nitrogens with one attached hydrogen (secondary N) is 2. The van der Waals surface area contributed by atoms with Gasteiger partial charge in [0.1, 0.15) is 5.39 Å². The Labute approximate surface area is 192 Å². The lowest BCUT2D eigenvalue weighted by molar-refractivity contribution is 0.203. The molecule has 2 aliphatic rings. The third kappa shape index (κ3) is 3.92. The first-order valence-corrected chi connectivity index (χ1v) is 12.8. The van der Waals surface area contributed by atoms with E-state index in [0.717, 1.165) is 32.1 Å². The highest BCUT2D eigenvalue weighted by molar-refractivity contribution is 7.89. The predicted molar refractivity (Wildman–Crippen MR) is 125 cm³/mol. The molecule has 1 aliphatic heterocycles. The van der Waals surface area contributed by atoms with E-state index in [9.17, 15) is 18.5 Å². The van der Waals surface area contributed by atoms with Crippen LogP contribution in [0.15, 0.2) is 46.2 Å². The Kier molecular flexibility index (Phi) is 5.68. The van der Waals surface area contributed by atoms with Crippen LogP contribution in [0.5, 0.6) is 0 Å². The Morgan fingerprint density at radius 2 is 1.88 bits per heavy atom. The lowest BCUT2D eigenvalue weighted by atomic mass is 9.79. The smallest absolute Gasteiger partial charge is 0.261 e. The number of anilines is 2. The minimum absolute atomic E-state index is 0.0865. The van der Waals surface area contributed by atoms with Crippen molar-refractivity contribution >= 4 is 32.4 Å². The van der Waals surface area contributed by atoms with Crippen LogP contribution in [-0.2, 0) is 10.0 Å². The minimum Gasteiger partial charge on any atom is -0.338 e. The number of pyridine rings is 1. The molecule has 9 nitrogen and oxygen atoms in total. The van der Waals surface area contributed by atoms with E-state index in [1.165, 1.54) is 4.31 Å². The number of hydrogen-bond acceptors (Lipinski definition) is 6. The van der Waals surface area contributed by atoms with Crippen molar-refractivity contribution in [1.82, 2.24) is 19.1 Å². The normalized spacial score (nSPS) is 18.2. The van der Waals surface area contributed by atoms with E-state index in [1.807, 2.05) is 10.7 Å². The van der Waals surface area contributed by atoms with Gasteiger partial charge >= 0.3 is 0 Å². The van der Waals surface area contributed by atoms with E-state index in [1.54, 1.807) is 30.5 Å². The molecule has 2 fully saturated rings. The van der Waals surface area contributed by atoms with Gasteiger partial charge in [-0.15, -0.1) is 0 Å². The fourth-order valence-electron chi connectivity index (χ4n) is 4.74. The van der Waals surface area contributed by atoms with Crippen LogP contribution in [0.25, 0.3) is 10.9 Å². The van der Waals surface area contributed by atoms with Gasteiger partial charge in [-0.3, -0.25) is 9.48 Å². The summed E-state index contributed by atoms with van der Waals surface area (Å²) < 4.78 is 28.9. The van der Waals surface area contributed by atoms with Crippen LogP contribution in [0, 0.1) is 17.2 Å². The van der Waals surface area contributed by atoms with Gasteiger partial charge in [-0.25, -0.2) is 8.42 Å². The zero-order valence-electron chi connectivity index (χ0n) is 18.2. The lowest BCUT2D eigenvalue weighted by Crippen LogP contribution is -2.27. The molecule has 0 radical (unpaired) electrons. The number of fused-ring (bicyclic) bond motifs is 1. The Hall–Kier alpha value is -3.16. The molecule has 1 aromatic carbocycles. The molecule has 1 atom stereocenters. The van der Waals surface area contributed by atoms with Crippen LogP contribution in [0.3, 0.4) is 0 Å². The number of aromatic nitrogens is 3. The van der Waals surface area contributed by atoms with Gasteiger partial charge in [0.15, 0.2) is 5.82 Å². The standard InChI is InChI=1S/C23H26N6O3S/c24-12-10-19(16-4-3-5-16)29-20-11-13-25-23(30)21(20)22(27-29)26-17-6-8-18(9-7-17)33(31,32)28-14-1-2-15-28/h6-9,11,13,16,19H,1-5,10,14-15H2,(H,25,30)(H,26,27)/t19-/m1/s1. The van der Waals surface area contributed by atoms with Crippen molar-refractivity contribution in [1.29, 1.82) is 5.26 Å². The molecular formula is C23H26N6O3S. The third-order valence-electron chi connectivity index (χ3n) is 6.76. The fourth-order valence-corrected chi connectivity index (χ4v) is 6.25. The summed E-state index contributed by atoms with van der Waals surface area (Å²) in [5.74, 6) is 0.763. The second kappa shape index (κ2) is 8.65. The first kappa shape index (κ1) is 21.7. The number of sulfonamides is 1. The van der Waals surface area contributed by atoms with Crippen LogP contribution in [0.2, 0.25) is 0 Å². The van der Waals surface area contributed by atoms with Crippen LogP contribution in [-0.4, -0.2) is 40.6 Å². The summed E-state index contributed by atoms with van der Waals surface area (Å²) in [6.45, 7) is 1.11. The quantitative estimate of drug-likeness (QED) is 0.549. The van der Waals surface area contributed by atoms with Crippen LogP contribution in [0.4, 0.5) is 11.5 Å². The predicted octanol–water partition coefficient (Wildman–Crippen LogP) is 3.51. The van der Waals surface area contributed by atoms with E-state index < -0.39 is 10.0 Å². The van der Waals surface area contributed by atoms with Gasteiger partial charge in [0.2, 0.25) is 10.0 Å². The van der Waals surface area contributed by atoms with Gasteiger partial charge in [0, 0.05) is 25.0 Å². The van der Waals surface area contributed by atoms with E-state index in [-0.39, 0.29) is 16.5 Å². The van der Waals surface area contributed by atoms with Gasteiger partial charge < -0.3 is 10.3 Å². The number of rotatable bonds is 7. The van der Waals surface area contributed by atoms with Crippen molar-refractivity contribution in [2.75, 3.05) is 18.4 Å². The molecule has 2 N–H and O–H groups in total. The molecule has 0 bridgehead atoms.